The first-order valence-electron chi connectivity index (χ1n) is 5.67. The van der Waals surface area contributed by atoms with E-state index in [2.05, 4.69) is 4.98 Å². The Morgan fingerprint density at radius 3 is 2.79 bits per heavy atom. The average Bonchev–Trinajstić information content (AvgIpc) is 2.76. The molecule has 0 aliphatic heterocycles. The molecule has 0 bridgehead atoms. The predicted molar refractivity (Wildman–Crippen MR) is 78.6 cm³/mol. The van der Waals surface area contributed by atoms with Gasteiger partial charge in [0.15, 0.2) is 5.58 Å². The number of rotatable bonds is 1. The predicted octanol–water partition coefficient (Wildman–Crippen LogP) is 4.69. The van der Waals surface area contributed by atoms with Crippen LogP contribution in [0.4, 0.5) is 5.69 Å². The van der Waals surface area contributed by atoms with Crippen molar-refractivity contribution in [3.63, 3.8) is 0 Å². The number of nitrogens with zero attached hydrogens (tertiary/aromatic N) is 1. The van der Waals surface area contributed by atoms with Crippen molar-refractivity contribution < 1.29 is 4.42 Å². The van der Waals surface area contributed by atoms with E-state index in [0.29, 0.717) is 32.7 Å². The molecule has 5 heteroatoms. The molecule has 0 unspecified atom stereocenters. The molecule has 3 nitrogen and oxygen atoms in total. The van der Waals surface area contributed by atoms with Crippen molar-refractivity contribution >= 4 is 40.0 Å². The normalized spacial score (nSPS) is 11.1. The van der Waals surface area contributed by atoms with Crippen LogP contribution in [-0.2, 0) is 0 Å². The van der Waals surface area contributed by atoms with Crippen LogP contribution < -0.4 is 5.73 Å². The number of nitrogen functional groups attached to an aromatic ring is 1. The van der Waals surface area contributed by atoms with Gasteiger partial charge >= 0.3 is 0 Å². The quantitative estimate of drug-likeness (QED) is 0.662. The third kappa shape index (κ3) is 2.05. The Labute approximate surface area is 119 Å². The molecule has 3 rings (SSSR count). The second-order valence-electron chi connectivity index (χ2n) is 4.27. The molecular formula is C14H10Cl2N2O. The molecule has 0 saturated heterocycles. The summed E-state index contributed by atoms with van der Waals surface area (Å²) in [6, 6.07) is 8.96. The molecule has 0 spiro atoms. The number of halogens is 2. The van der Waals surface area contributed by atoms with Gasteiger partial charge in [0.05, 0.1) is 5.02 Å². The second kappa shape index (κ2) is 4.44. The van der Waals surface area contributed by atoms with E-state index in [-0.39, 0.29) is 0 Å². The molecule has 0 aliphatic rings. The van der Waals surface area contributed by atoms with Crippen molar-refractivity contribution in [2.24, 2.45) is 0 Å². The molecule has 0 saturated carbocycles. The van der Waals surface area contributed by atoms with Gasteiger partial charge < -0.3 is 10.2 Å². The van der Waals surface area contributed by atoms with Crippen LogP contribution in [0.2, 0.25) is 10.0 Å². The topological polar surface area (TPSA) is 52.0 Å². The number of benzene rings is 2. The molecule has 0 fully saturated rings. The second-order valence-corrected chi connectivity index (χ2v) is 5.12. The summed E-state index contributed by atoms with van der Waals surface area (Å²) in [4.78, 5) is 4.42. The highest BCUT2D eigenvalue weighted by Crippen LogP contribution is 2.33. The number of hydrogen-bond donors (Lipinski definition) is 1. The lowest BCUT2D eigenvalue weighted by Gasteiger charge is -2.03. The van der Waals surface area contributed by atoms with E-state index in [0.717, 1.165) is 11.1 Å². The number of oxazole rings is 1. The summed E-state index contributed by atoms with van der Waals surface area (Å²) >= 11 is 12.0. The van der Waals surface area contributed by atoms with Gasteiger partial charge in [-0.15, -0.1) is 0 Å². The van der Waals surface area contributed by atoms with Crippen molar-refractivity contribution in [2.75, 3.05) is 5.73 Å². The highest BCUT2D eigenvalue weighted by Gasteiger charge is 2.14. The molecule has 1 aromatic heterocycles. The third-order valence-electron chi connectivity index (χ3n) is 3.02. The Hall–Kier alpha value is -1.71. The Bertz CT molecular complexity index is 780. The zero-order valence-corrected chi connectivity index (χ0v) is 11.6. The zero-order valence-electron chi connectivity index (χ0n) is 10.1. The largest absolute Gasteiger partial charge is 0.434 e. The lowest BCUT2D eigenvalue weighted by molar-refractivity contribution is 0.619. The van der Waals surface area contributed by atoms with Gasteiger partial charge in [0.25, 0.3) is 0 Å². The SMILES string of the molecule is Cc1c(N)cccc1-c1nc2cc(Cl)cc(Cl)c2o1. The van der Waals surface area contributed by atoms with E-state index in [4.69, 9.17) is 33.4 Å². The Balaban J connectivity index is 2.26. The number of fused-ring (bicyclic) bond motifs is 1. The summed E-state index contributed by atoms with van der Waals surface area (Å²) in [5, 5.41) is 0.976. The maximum atomic E-state index is 6.09. The van der Waals surface area contributed by atoms with Crippen molar-refractivity contribution in [3.05, 3.63) is 45.9 Å². The fraction of sp³-hybridized carbons (Fsp3) is 0.0714. The van der Waals surface area contributed by atoms with Gasteiger partial charge in [0, 0.05) is 16.3 Å². The number of hydrogen-bond acceptors (Lipinski definition) is 3. The van der Waals surface area contributed by atoms with Crippen LogP contribution in [0.1, 0.15) is 5.56 Å². The van der Waals surface area contributed by atoms with Crippen LogP contribution in [0.5, 0.6) is 0 Å². The standard InChI is InChI=1S/C14H10Cl2N2O/c1-7-9(3-2-4-11(7)17)14-18-12-6-8(15)5-10(16)13(12)19-14/h2-6H,17H2,1H3. The smallest absolute Gasteiger partial charge is 0.227 e. The Morgan fingerprint density at radius 2 is 2.00 bits per heavy atom. The molecule has 19 heavy (non-hydrogen) atoms. The summed E-state index contributed by atoms with van der Waals surface area (Å²) in [5.41, 5.74) is 9.53. The molecule has 2 N–H and O–H groups in total. The molecule has 0 amide bonds. The van der Waals surface area contributed by atoms with E-state index in [1.165, 1.54) is 0 Å². The highest BCUT2D eigenvalue weighted by atomic mass is 35.5. The van der Waals surface area contributed by atoms with Crippen LogP contribution >= 0.6 is 23.2 Å². The Kier molecular flexibility index (Phi) is 2.88. The number of anilines is 1. The van der Waals surface area contributed by atoms with Crippen molar-refractivity contribution in [2.45, 2.75) is 6.92 Å². The maximum Gasteiger partial charge on any atom is 0.227 e. The van der Waals surface area contributed by atoms with Gasteiger partial charge in [-0.25, -0.2) is 4.98 Å². The molecule has 0 atom stereocenters. The van der Waals surface area contributed by atoms with E-state index >= 15 is 0 Å². The van der Waals surface area contributed by atoms with Crippen molar-refractivity contribution in [3.8, 4) is 11.5 Å². The van der Waals surface area contributed by atoms with Gasteiger partial charge in [-0.3, -0.25) is 0 Å². The molecule has 1 heterocycles. The minimum atomic E-state index is 0.447. The summed E-state index contributed by atoms with van der Waals surface area (Å²) < 4.78 is 5.72. The van der Waals surface area contributed by atoms with Gasteiger partial charge in [-0.05, 0) is 36.8 Å². The van der Waals surface area contributed by atoms with E-state index < -0.39 is 0 Å². The monoisotopic (exact) mass is 292 g/mol. The van der Waals surface area contributed by atoms with Crippen molar-refractivity contribution in [1.82, 2.24) is 4.98 Å². The summed E-state index contributed by atoms with van der Waals surface area (Å²) in [6.45, 7) is 1.92. The lowest BCUT2D eigenvalue weighted by Crippen LogP contribution is -1.91. The summed E-state index contributed by atoms with van der Waals surface area (Å²) in [6.07, 6.45) is 0. The maximum absolute atomic E-state index is 6.09. The van der Waals surface area contributed by atoms with Gasteiger partial charge in [-0.2, -0.15) is 0 Å². The van der Waals surface area contributed by atoms with Crippen LogP contribution in [0.25, 0.3) is 22.6 Å². The molecular weight excluding hydrogens is 283 g/mol. The first-order valence-corrected chi connectivity index (χ1v) is 6.43. The van der Waals surface area contributed by atoms with Gasteiger partial charge in [0.2, 0.25) is 5.89 Å². The first-order chi connectivity index (χ1) is 9.06. The summed E-state index contributed by atoms with van der Waals surface area (Å²) in [7, 11) is 0. The average molecular weight is 293 g/mol. The van der Waals surface area contributed by atoms with Crippen molar-refractivity contribution in [1.29, 1.82) is 0 Å². The molecule has 96 valence electrons. The Morgan fingerprint density at radius 1 is 1.21 bits per heavy atom. The van der Waals surface area contributed by atoms with E-state index in [9.17, 15) is 0 Å². The minimum absolute atomic E-state index is 0.447. The molecule has 0 aliphatic carbocycles. The lowest BCUT2D eigenvalue weighted by atomic mass is 10.1. The number of nitrogens with two attached hydrogens (primary N) is 1. The molecule has 3 aromatic rings. The fourth-order valence-electron chi connectivity index (χ4n) is 1.96. The first kappa shape index (κ1) is 12.3. The van der Waals surface area contributed by atoms with E-state index in [1.54, 1.807) is 12.1 Å². The van der Waals surface area contributed by atoms with Gasteiger partial charge in [-0.1, -0.05) is 29.3 Å². The minimum Gasteiger partial charge on any atom is -0.434 e. The van der Waals surface area contributed by atoms with Crippen LogP contribution in [0.3, 0.4) is 0 Å². The molecule has 0 radical (unpaired) electrons. The third-order valence-corrected chi connectivity index (χ3v) is 3.51. The van der Waals surface area contributed by atoms with Crippen LogP contribution in [0, 0.1) is 6.92 Å². The van der Waals surface area contributed by atoms with Crippen LogP contribution in [-0.4, -0.2) is 4.98 Å². The fourth-order valence-corrected chi connectivity index (χ4v) is 2.48. The number of aromatic nitrogens is 1. The van der Waals surface area contributed by atoms with Crippen LogP contribution in [0.15, 0.2) is 34.7 Å². The highest BCUT2D eigenvalue weighted by molar-refractivity contribution is 6.38. The molecule has 2 aromatic carbocycles. The van der Waals surface area contributed by atoms with E-state index in [1.807, 2.05) is 25.1 Å². The zero-order chi connectivity index (χ0) is 13.6. The summed E-state index contributed by atoms with van der Waals surface area (Å²) in [5.74, 6) is 0.490. The van der Waals surface area contributed by atoms with Gasteiger partial charge in [0.1, 0.15) is 5.52 Å².